The summed E-state index contributed by atoms with van der Waals surface area (Å²) in [4.78, 5) is 21.6. The van der Waals surface area contributed by atoms with Crippen LogP contribution in [0.2, 0.25) is 0 Å². The highest BCUT2D eigenvalue weighted by molar-refractivity contribution is 6.02. The van der Waals surface area contributed by atoms with E-state index in [1.807, 2.05) is 79.1 Å². The number of aromatic nitrogens is 3. The summed E-state index contributed by atoms with van der Waals surface area (Å²) in [7, 11) is 1.36. The first-order valence-corrected chi connectivity index (χ1v) is 12.3. The van der Waals surface area contributed by atoms with E-state index in [1.165, 1.54) is 7.11 Å². The Morgan fingerprint density at radius 2 is 1.82 bits per heavy atom. The zero-order chi connectivity index (χ0) is 26.6. The minimum atomic E-state index is -0.429. The number of benzene rings is 3. The fraction of sp³-hybridized carbons (Fsp3) is 0.161. The van der Waals surface area contributed by atoms with Gasteiger partial charge in [0.25, 0.3) is 6.01 Å². The van der Waals surface area contributed by atoms with E-state index in [4.69, 9.17) is 9.47 Å². The molecule has 0 spiro atoms. The second-order valence-corrected chi connectivity index (χ2v) is 8.87. The quantitative estimate of drug-likeness (QED) is 0.247. The van der Waals surface area contributed by atoms with Gasteiger partial charge in [-0.3, -0.25) is 9.55 Å². The summed E-state index contributed by atoms with van der Waals surface area (Å²) in [6.07, 6.45) is 1.79. The van der Waals surface area contributed by atoms with Crippen molar-refractivity contribution in [2.75, 3.05) is 13.7 Å². The monoisotopic (exact) mass is 502 g/mol. The van der Waals surface area contributed by atoms with Crippen LogP contribution in [0.1, 0.15) is 34.0 Å². The molecule has 5 aromatic rings. The number of carbonyl (C=O) groups excluding carboxylic acids is 1. The van der Waals surface area contributed by atoms with Crippen LogP contribution < -0.4 is 4.74 Å². The highest BCUT2D eigenvalue weighted by Gasteiger charge is 2.20. The molecule has 0 N–H and O–H groups in total. The Kier molecular flexibility index (Phi) is 6.88. The molecule has 0 saturated heterocycles. The van der Waals surface area contributed by atoms with Gasteiger partial charge in [0.15, 0.2) is 0 Å². The lowest BCUT2D eigenvalue weighted by molar-refractivity contribution is 0.0602. The first kappa shape index (κ1) is 24.7. The van der Waals surface area contributed by atoms with E-state index in [2.05, 4.69) is 16.0 Å². The van der Waals surface area contributed by atoms with E-state index in [9.17, 15) is 10.1 Å². The average molecular weight is 503 g/mol. The highest BCUT2D eigenvalue weighted by Crippen LogP contribution is 2.31. The Balaban J connectivity index is 1.52. The third kappa shape index (κ3) is 4.72. The van der Waals surface area contributed by atoms with Gasteiger partial charge in [0, 0.05) is 17.3 Å². The first-order valence-electron chi connectivity index (χ1n) is 12.3. The number of methoxy groups -OCH3 is 1. The Morgan fingerprint density at radius 3 is 2.53 bits per heavy atom. The average Bonchev–Trinajstić information content (AvgIpc) is 3.29. The SMILES string of the molecule is CCOc1nc2cccc(C(=O)OC)c2n1Cc1ccc(-c2cc(-c3cc(C)ccn3)ccc2C#N)cc1. The number of nitriles is 1. The zero-order valence-corrected chi connectivity index (χ0v) is 21.4. The molecule has 0 radical (unpaired) electrons. The lowest BCUT2D eigenvalue weighted by Gasteiger charge is -2.12. The fourth-order valence-corrected chi connectivity index (χ4v) is 4.53. The second-order valence-electron chi connectivity index (χ2n) is 8.87. The van der Waals surface area contributed by atoms with Gasteiger partial charge in [-0.2, -0.15) is 10.2 Å². The van der Waals surface area contributed by atoms with Gasteiger partial charge in [-0.1, -0.05) is 36.4 Å². The number of nitrogens with zero attached hydrogens (tertiary/aromatic N) is 4. The predicted molar refractivity (Wildman–Crippen MR) is 146 cm³/mol. The molecular weight excluding hydrogens is 476 g/mol. The van der Waals surface area contributed by atoms with Crippen LogP contribution >= 0.6 is 0 Å². The fourth-order valence-electron chi connectivity index (χ4n) is 4.53. The largest absolute Gasteiger partial charge is 0.465 e. The third-order valence-corrected chi connectivity index (χ3v) is 6.37. The standard InChI is InChI=1S/C31H26N4O3/c1-4-38-31-34-27-7-5-6-25(30(36)37-3)29(27)35(31)19-21-8-10-22(11-9-21)26-17-23(12-13-24(26)18-32)28-16-20(2)14-15-33-28/h5-17H,4,19H2,1-3H3. The van der Waals surface area contributed by atoms with Crippen molar-refractivity contribution in [1.29, 1.82) is 5.26 Å². The summed E-state index contributed by atoms with van der Waals surface area (Å²) in [5, 5.41) is 9.76. The van der Waals surface area contributed by atoms with Crippen molar-refractivity contribution in [3.05, 3.63) is 101 Å². The van der Waals surface area contributed by atoms with Gasteiger partial charge in [0.2, 0.25) is 0 Å². The summed E-state index contributed by atoms with van der Waals surface area (Å²) >= 11 is 0. The molecule has 0 atom stereocenters. The van der Waals surface area contributed by atoms with Crippen molar-refractivity contribution in [2.24, 2.45) is 0 Å². The van der Waals surface area contributed by atoms with Crippen LogP contribution in [0.25, 0.3) is 33.4 Å². The van der Waals surface area contributed by atoms with Gasteiger partial charge >= 0.3 is 5.97 Å². The molecule has 5 rings (SSSR count). The number of pyridine rings is 1. The van der Waals surface area contributed by atoms with E-state index < -0.39 is 5.97 Å². The maximum absolute atomic E-state index is 12.5. The molecule has 0 amide bonds. The number of hydrogen-bond donors (Lipinski definition) is 0. The van der Waals surface area contributed by atoms with Crippen LogP contribution in [0.5, 0.6) is 6.01 Å². The lowest BCUT2D eigenvalue weighted by Crippen LogP contribution is -2.09. The summed E-state index contributed by atoms with van der Waals surface area (Å²) in [6, 6.07) is 25.9. The second kappa shape index (κ2) is 10.6. The van der Waals surface area contributed by atoms with Crippen molar-refractivity contribution in [3.63, 3.8) is 0 Å². The number of imidazole rings is 1. The maximum Gasteiger partial charge on any atom is 0.340 e. The van der Waals surface area contributed by atoms with Gasteiger partial charge in [0.05, 0.1) is 54.2 Å². The Hall–Kier alpha value is -4.96. The summed E-state index contributed by atoms with van der Waals surface area (Å²) < 4.78 is 12.7. The molecule has 0 saturated carbocycles. The van der Waals surface area contributed by atoms with E-state index in [0.29, 0.717) is 41.3 Å². The highest BCUT2D eigenvalue weighted by atomic mass is 16.5. The minimum absolute atomic E-state index is 0.429. The van der Waals surface area contributed by atoms with Crippen molar-refractivity contribution in [2.45, 2.75) is 20.4 Å². The minimum Gasteiger partial charge on any atom is -0.465 e. The van der Waals surface area contributed by atoms with Crippen LogP contribution in [0.3, 0.4) is 0 Å². The van der Waals surface area contributed by atoms with Gasteiger partial charge in [-0.25, -0.2) is 4.79 Å². The smallest absolute Gasteiger partial charge is 0.340 e. The molecule has 0 aliphatic rings. The molecule has 3 aromatic carbocycles. The summed E-state index contributed by atoms with van der Waals surface area (Å²) in [5.74, 6) is -0.429. The molecule has 7 nitrogen and oxygen atoms in total. The van der Waals surface area contributed by atoms with Crippen LogP contribution in [-0.4, -0.2) is 34.2 Å². The molecule has 0 unspecified atom stereocenters. The molecule has 0 bridgehead atoms. The maximum atomic E-state index is 12.5. The van der Waals surface area contributed by atoms with Crippen molar-refractivity contribution in [3.8, 4) is 34.5 Å². The summed E-state index contributed by atoms with van der Waals surface area (Å²) in [5.41, 5.74) is 8.05. The van der Waals surface area contributed by atoms with E-state index in [0.717, 1.165) is 33.5 Å². The summed E-state index contributed by atoms with van der Waals surface area (Å²) in [6.45, 7) is 4.81. The predicted octanol–water partition coefficient (Wildman–Crippen LogP) is 6.18. The molecular formula is C31H26N4O3. The van der Waals surface area contributed by atoms with E-state index in [1.54, 1.807) is 18.3 Å². The molecule has 0 aliphatic carbocycles. The Morgan fingerprint density at radius 1 is 1.03 bits per heavy atom. The van der Waals surface area contributed by atoms with E-state index in [-0.39, 0.29) is 0 Å². The number of ether oxygens (including phenoxy) is 2. The van der Waals surface area contributed by atoms with Crippen LogP contribution in [0.15, 0.2) is 79.0 Å². The van der Waals surface area contributed by atoms with Gasteiger partial charge in [-0.05, 0) is 66.9 Å². The Bertz CT molecular complexity index is 1680. The van der Waals surface area contributed by atoms with Gasteiger partial charge in [0.1, 0.15) is 0 Å². The first-order chi connectivity index (χ1) is 18.5. The molecule has 188 valence electrons. The van der Waals surface area contributed by atoms with Crippen molar-refractivity contribution < 1.29 is 14.3 Å². The number of hydrogen-bond acceptors (Lipinski definition) is 6. The number of carbonyl (C=O) groups is 1. The topological polar surface area (TPSA) is 90.0 Å². The molecule has 0 fully saturated rings. The molecule has 38 heavy (non-hydrogen) atoms. The van der Waals surface area contributed by atoms with Gasteiger partial charge < -0.3 is 9.47 Å². The number of aryl methyl sites for hydroxylation is 1. The normalized spacial score (nSPS) is 10.8. The Labute approximate surface area is 220 Å². The van der Waals surface area contributed by atoms with Crippen LogP contribution in [0.4, 0.5) is 0 Å². The van der Waals surface area contributed by atoms with Crippen molar-refractivity contribution >= 4 is 17.0 Å². The van der Waals surface area contributed by atoms with Crippen LogP contribution in [-0.2, 0) is 11.3 Å². The number of fused-ring (bicyclic) bond motifs is 1. The lowest BCUT2D eigenvalue weighted by atomic mass is 9.95. The number of esters is 1. The molecule has 7 heteroatoms. The third-order valence-electron chi connectivity index (χ3n) is 6.37. The molecule has 2 heterocycles. The molecule has 0 aliphatic heterocycles. The van der Waals surface area contributed by atoms with Crippen LogP contribution in [0, 0.1) is 18.3 Å². The number of rotatable bonds is 7. The van der Waals surface area contributed by atoms with Crippen molar-refractivity contribution in [1.82, 2.24) is 14.5 Å². The zero-order valence-electron chi connectivity index (χ0n) is 21.4. The molecule has 2 aromatic heterocycles. The van der Waals surface area contributed by atoms with E-state index >= 15 is 0 Å². The number of para-hydroxylation sites is 1. The van der Waals surface area contributed by atoms with Gasteiger partial charge in [-0.15, -0.1) is 0 Å².